The van der Waals surface area contributed by atoms with Gasteiger partial charge in [-0.05, 0) is 30.0 Å². The molecule has 1 saturated heterocycles. The van der Waals surface area contributed by atoms with Crippen molar-refractivity contribution < 1.29 is 23.7 Å². The number of hydrogen-bond acceptors (Lipinski definition) is 7. The summed E-state index contributed by atoms with van der Waals surface area (Å²) in [5, 5.41) is 10.9. The summed E-state index contributed by atoms with van der Waals surface area (Å²) in [7, 11) is 1.48. The van der Waals surface area contributed by atoms with Gasteiger partial charge < -0.3 is 9.15 Å². The number of carbonyl (C=O) groups excluding carboxylic acids is 2. The van der Waals surface area contributed by atoms with Crippen molar-refractivity contribution in [3.05, 3.63) is 56.1 Å². The van der Waals surface area contributed by atoms with Crippen LogP contribution in [0.4, 0.5) is 10.5 Å². The molecule has 2 amide bonds. The van der Waals surface area contributed by atoms with Crippen LogP contribution < -0.4 is 0 Å². The zero-order valence-electron chi connectivity index (χ0n) is 14.0. The maximum atomic E-state index is 12.3. The number of imide groups is 1. The van der Waals surface area contributed by atoms with Gasteiger partial charge in [0.25, 0.3) is 16.8 Å². The molecule has 1 aliphatic rings. The monoisotopic (exact) mass is 408 g/mol. The number of furan rings is 1. The molecule has 27 heavy (non-hydrogen) atoms. The van der Waals surface area contributed by atoms with Crippen LogP contribution in [0.3, 0.4) is 0 Å². The molecule has 0 saturated carbocycles. The third kappa shape index (κ3) is 4.05. The number of carbonyl (C=O) groups is 2. The van der Waals surface area contributed by atoms with Crippen molar-refractivity contribution in [2.45, 2.75) is 0 Å². The fraction of sp³-hybridized carbons (Fsp3) is 0.176. The minimum atomic E-state index is -0.528. The summed E-state index contributed by atoms with van der Waals surface area (Å²) in [5.41, 5.74) is 0.241. The van der Waals surface area contributed by atoms with Gasteiger partial charge in [-0.1, -0.05) is 11.6 Å². The topological polar surface area (TPSA) is 103 Å². The van der Waals surface area contributed by atoms with Gasteiger partial charge in [0.1, 0.15) is 11.5 Å². The summed E-state index contributed by atoms with van der Waals surface area (Å²) >= 11 is 6.91. The van der Waals surface area contributed by atoms with E-state index in [4.69, 9.17) is 20.8 Å². The normalized spacial score (nSPS) is 15.8. The highest BCUT2D eigenvalue weighted by Crippen LogP contribution is 2.35. The predicted octanol–water partition coefficient (Wildman–Crippen LogP) is 4.19. The number of rotatable bonds is 6. The van der Waals surface area contributed by atoms with E-state index in [0.717, 1.165) is 16.7 Å². The highest BCUT2D eigenvalue weighted by atomic mass is 35.5. The van der Waals surface area contributed by atoms with E-state index in [2.05, 4.69) is 0 Å². The smallest absolute Gasteiger partial charge is 0.293 e. The van der Waals surface area contributed by atoms with E-state index in [9.17, 15) is 19.7 Å². The molecule has 1 aromatic carbocycles. The average Bonchev–Trinajstić information content (AvgIpc) is 3.19. The Labute approximate surface area is 162 Å². The molecular formula is C17H13ClN2O6S. The zero-order chi connectivity index (χ0) is 19.6. The average molecular weight is 409 g/mol. The quantitative estimate of drug-likeness (QED) is 0.401. The van der Waals surface area contributed by atoms with Gasteiger partial charge in [0.15, 0.2) is 0 Å². The fourth-order valence-corrected chi connectivity index (χ4v) is 3.45. The molecule has 2 aromatic rings. The largest absolute Gasteiger partial charge is 0.457 e. The first-order valence-corrected chi connectivity index (χ1v) is 8.88. The SMILES string of the molecule is COCCN1C(=O)S/C(=C/c2ccc(-c3cc([N+](=O)[O-])ccc3Cl)o2)C1=O. The lowest BCUT2D eigenvalue weighted by atomic mass is 10.1. The third-order valence-corrected chi connectivity index (χ3v) is 4.96. The van der Waals surface area contributed by atoms with E-state index in [0.29, 0.717) is 22.1 Å². The summed E-state index contributed by atoms with van der Waals surface area (Å²) in [6.07, 6.45) is 1.45. The van der Waals surface area contributed by atoms with Crippen LogP contribution in [0.2, 0.25) is 5.02 Å². The van der Waals surface area contributed by atoms with Gasteiger partial charge in [-0.25, -0.2) is 0 Å². The molecule has 0 N–H and O–H groups in total. The Bertz CT molecular complexity index is 955. The van der Waals surface area contributed by atoms with E-state index in [1.54, 1.807) is 12.1 Å². The molecule has 0 unspecified atom stereocenters. The van der Waals surface area contributed by atoms with Gasteiger partial charge in [0.05, 0.1) is 28.0 Å². The van der Waals surface area contributed by atoms with Crippen molar-refractivity contribution in [3.8, 4) is 11.3 Å². The lowest BCUT2D eigenvalue weighted by Crippen LogP contribution is -2.31. The first-order valence-electron chi connectivity index (χ1n) is 7.69. The lowest BCUT2D eigenvalue weighted by molar-refractivity contribution is -0.384. The number of nitro benzene ring substituents is 1. The van der Waals surface area contributed by atoms with Crippen molar-refractivity contribution in [2.75, 3.05) is 20.3 Å². The molecular weight excluding hydrogens is 396 g/mol. The predicted molar refractivity (Wildman–Crippen MR) is 100 cm³/mol. The van der Waals surface area contributed by atoms with E-state index < -0.39 is 10.8 Å². The molecule has 0 bridgehead atoms. The number of benzene rings is 1. The van der Waals surface area contributed by atoms with Crippen molar-refractivity contribution in [1.82, 2.24) is 4.90 Å². The summed E-state index contributed by atoms with van der Waals surface area (Å²) < 4.78 is 10.5. The number of halogens is 1. The zero-order valence-corrected chi connectivity index (χ0v) is 15.6. The van der Waals surface area contributed by atoms with E-state index in [-0.39, 0.29) is 29.0 Å². The molecule has 8 nitrogen and oxygen atoms in total. The van der Waals surface area contributed by atoms with Crippen molar-refractivity contribution in [1.29, 1.82) is 0 Å². The van der Waals surface area contributed by atoms with Crippen molar-refractivity contribution in [2.24, 2.45) is 0 Å². The van der Waals surface area contributed by atoms with Crippen LogP contribution in [0.15, 0.2) is 39.7 Å². The molecule has 0 spiro atoms. The molecule has 0 aliphatic carbocycles. The summed E-state index contributed by atoms with van der Waals surface area (Å²) in [6, 6.07) is 7.20. The molecule has 1 fully saturated rings. The summed E-state index contributed by atoms with van der Waals surface area (Å²) in [6.45, 7) is 0.423. The minimum Gasteiger partial charge on any atom is -0.457 e. The van der Waals surface area contributed by atoms with Crippen molar-refractivity contribution in [3.63, 3.8) is 0 Å². The molecule has 10 heteroatoms. The first kappa shape index (κ1) is 19.2. The number of hydrogen-bond donors (Lipinski definition) is 0. The van der Waals surface area contributed by atoms with E-state index in [1.165, 1.54) is 31.4 Å². The second-order valence-electron chi connectivity index (χ2n) is 5.45. The molecule has 2 heterocycles. The number of thioether (sulfide) groups is 1. The Hall–Kier alpha value is -2.62. The number of non-ortho nitro benzene ring substituents is 1. The van der Waals surface area contributed by atoms with E-state index in [1.807, 2.05) is 0 Å². The van der Waals surface area contributed by atoms with Crippen molar-refractivity contribution >= 4 is 46.3 Å². The highest BCUT2D eigenvalue weighted by molar-refractivity contribution is 8.18. The molecule has 1 aromatic heterocycles. The van der Waals surface area contributed by atoms with Crippen LogP contribution in [0, 0.1) is 10.1 Å². The van der Waals surface area contributed by atoms with Crippen LogP contribution in [0.5, 0.6) is 0 Å². The van der Waals surface area contributed by atoms with Crippen LogP contribution >= 0.6 is 23.4 Å². The number of amides is 2. The summed E-state index contributed by atoms with van der Waals surface area (Å²) in [5.74, 6) is 0.215. The number of methoxy groups -OCH3 is 1. The number of nitro groups is 1. The van der Waals surface area contributed by atoms with Crippen LogP contribution in [0.25, 0.3) is 17.4 Å². The standard InChI is InChI=1S/C17H13ClN2O6S/c1-25-7-6-19-16(21)15(27-17(19)22)9-11-3-5-14(26-11)12-8-10(20(23)24)2-4-13(12)18/h2-5,8-9H,6-7H2,1H3/b15-9+. The van der Waals surface area contributed by atoms with Gasteiger partial charge in [-0.3, -0.25) is 24.6 Å². The Morgan fingerprint density at radius 1 is 1.33 bits per heavy atom. The van der Waals surface area contributed by atoms with Crippen LogP contribution in [-0.4, -0.2) is 41.2 Å². The Kier molecular flexibility index (Phi) is 5.64. The number of nitrogens with zero attached hydrogens (tertiary/aromatic N) is 2. The van der Waals surface area contributed by atoms with Gasteiger partial charge in [0, 0.05) is 30.9 Å². The number of ether oxygens (including phenoxy) is 1. The van der Waals surface area contributed by atoms with Crippen LogP contribution in [0.1, 0.15) is 5.76 Å². The van der Waals surface area contributed by atoms with Gasteiger partial charge in [0.2, 0.25) is 0 Å². The lowest BCUT2D eigenvalue weighted by Gasteiger charge is -2.10. The van der Waals surface area contributed by atoms with Gasteiger partial charge in [-0.15, -0.1) is 0 Å². The highest BCUT2D eigenvalue weighted by Gasteiger charge is 2.34. The second kappa shape index (κ2) is 7.95. The molecule has 140 valence electrons. The molecule has 1 aliphatic heterocycles. The molecule has 3 rings (SSSR count). The first-order chi connectivity index (χ1) is 12.9. The molecule has 0 atom stereocenters. The van der Waals surface area contributed by atoms with Crippen LogP contribution in [-0.2, 0) is 9.53 Å². The van der Waals surface area contributed by atoms with Gasteiger partial charge in [-0.2, -0.15) is 0 Å². The maximum absolute atomic E-state index is 12.3. The third-order valence-electron chi connectivity index (χ3n) is 3.72. The van der Waals surface area contributed by atoms with Gasteiger partial charge >= 0.3 is 0 Å². The Morgan fingerprint density at radius 2 is 2.11 bits per heavy atom. The summed E-state index contributed by atoms with van der Waals surface area (Å²) in [4.78, 5) is 36.0. The fourth-order valence-electron chi connectivity index (χ4n) is 2.40. The Balaban J connectivity index is 1.86. The van der Waals surface area contributed by atoms with E-state index >= 15 is 0 Å². The second-order valence-corrected chi connectivity index (χ2v) is 6.85. The maximum Gasteiger partial charge on any atom is 0.293 e. The Morgan fingerprint density at radius 3 is 2.81 bits per heavy atom. The minimum absolute atomic E-state index is 0.119. The molecule has 0 radical (unpaired) electrons.